The lowest BCUT2D eigenvalue weighted by molar-refractivity contribution is -0.114. The highest BCUT2D eigenvalue weighted by atomic mass is 79.9. The number of fused-ring (bicyclic) bond motifs is 4. The lowest BCUT2D eigenvalue weighted by Gasteiger charge is -2.17. The van der Waals surface area contributed by atoms with Crippen LogP contribution in [-0.4, -0.2) is 10.9 Å². The Balaban J connectivity index is 1.76. The molecule has 6 rings (SSSR count). The fourth-order valence-electron chi connectivity index (χ4n) is 4.98. The standard InChI is InChI=1S/C31H18Br2F2N2O/c1-16(38)36-28-11-10-19(18-6-2-4-8-21(18)28)23-15-29(30-26(34)12-17(32)13-27(30)35)37-31-22-9-5-3-7-20(22)25(33)14-24(23)31/h2-15H,1H3,(H,36,38). The van der Waals surface area contributed by atoms with Gasteiger partial charge in [0.15, 0.2) is 0 Å². The second kappa shape index (κ2) is 9.57. The fourth-order valence-corrected chi connectivity index (χ4v) is 5.96. The quantitative estimate of drug-likeness (QED) is 0.198. The molecule has 0 saturated heterocycles. The number of amides is 1. The monoisotopic (exact) mass is 630 g/mol. The van der Waals surface area contributed by atoms with E-state index in [-0.39, 0.29) is 17.2 Å². The van der Waals surface area contributed by atoms with Crippen molar-refractivity contribution >= 4 is 75.9 Å². The molecule has 1 amide bonds. The van der Waals surface area contributed by atoms with E-state index in [4.69, 9.17) is 4.98 Å². The number of hydrogen-bond donors (Lipinski definition) is 1. The molecule has 186 valence electrons. The molecular formula is C31H18Br2F2N2O. The molecule has 0 fully saturated rings. The Labute approximate surface area is 233 Å². The first kappa shape index (κ1) is 24.6. The minimum atomic E-state index is -0.707. The molecule has 1 N–H and O–H groups in total. The summed E-state index contributed by atoms with van der Waals surface area (Å²) >= 11 is 6.87. The maximum atomic E-state index is 15.2. The van der Waals surface area contributed by atoms with E-state index in [9.17, 15) is 4.79 Å². The Kier molecular flexibility index (Phi) is 6.20. The molecule has 7 heteroatoms. The van der Waals surface area contributed by atoms with Gasteiger partial charge in [-0.05, 0) is 52.2 Å². The van der Waals surface area contributed by atoms with Crippen LogP contribution in [0, 0.1) is 11.6 Å². The Morgan fingerprint density at radius 2 is 1.37 bits per heavy atom. The Bertz CT molecular complexity index is 1910. The van der Waals surface area contributed by atoms with Crippen LogP contribution in [0.2, 0.25) is 0 Å². The molecule has 38 heavy (non-hydrogen) atoms. The van der Waals surface area contributed by atoms with Crippen molar-refractivity contribution in [2.75, 3.05) is 5.32 Å². The van der Waals surface area contributed by atoms with Crippen molar-refractivity contribution in [1.82, 2.24) is 4.98 Å². The van der Waals surface area contributed by atoms with Crippen LogP contribution in [0.15, 0.2) is 93.9 Å². The van der Waals surface area contributed by atoms with Crippen molar-refractivity contribution < 1.29 is 13.6 Å². The van der Waals surface area contributed by atoms with Crippen molar-refractivity contribution in [3.63, 3.8) is 0 Å². The minimum absolute atomic E-state index is 0.170. The van der Waals surface area contributed by atoms with E-state index >= 15 is 8.78 Å². The number of anilines is 1. The molecular weight excluding hydrogens is 614 g/mol. The van der Waals surface area contributed by atoms with E-state index in [2.05, 4.69) is 37.2 Å². The molecule has 3 nitrogen and oxygen atoms in total. The van der Waals surface area contributed by atoms with E-state index < -0.39 is 11.6 Å². The molecule has 0 spiro atoms. The number of nitrogens with zero attached hydrogens (tertiary/aromatic N) is 1. The summed E-state index contributed by atoms with van der Waals surface area (Å²) in [7, 11) is 0. The van der Waals surface area contributed by atoms with E-state index in [1.54, 1.807) is 6.07 Å². The SMILES string of the molecule is CC(=O)Nc1ccc(-c2cc(-c3c(F)cc(Br)cc3F)nc3c2cc(Br)c2ccccc23)c2ccccc12. The van der Waals surface area contributed by atoms with Gasteiger partial charge in [-0.15, -0.1) is 0 Å². The topological polar surface area (TPSA) is 42.0 Å². The number of hydrogen-bond acceptors (Lipinski definition) is 2. The summed E-state index contributed by atoms with van der Waals surface area (Å²) in [6, 6.07) is 25.5. The maximum absolute atomic E-state index is 15.2. The number of rotatable bonds is 3. The normalized spacial score (nSPS) is 11.4. The third kappa shape index (κ3) is 4.16. The number of pyridine rings is 1. The average molecular weight is 632 g/mol. The molecule has 0 aliphatic carbocycles. The second-order valence-corrected chi connectivity index (χ2v) is 10.8. The van der Waals surface area contributed by atoms with Crippen molar-refractivity contribution in [2.45, 2.75) is 6.92 Å². The first-order chi connectivity index (χ1) is 18.3. The number of carbonyl (C=O) groups is 1. The summed E-state index contributed by atoms with van der Waals surface area (Å²) in [5.74, 6) is -1.58. The van der Waals surface area contributed by atoms with Crippen LogP contribution in [-0.2, 0) is 4.79 Å². The summed E-state index contributed by atoms with van der Waals surface area (Å²) < 4.78 is 31.6. The Morgan fingerprint density at radius 3 is 2.05 bits per heavy atom. The highest BCUT2D eigenvalue weighted by Crippen LogP contribution is 2.42. The van der Waals surface area contributed by atoms with Crippen LogP contribution >= 0.6 is 31.9 Å². The number of benzene rings is 5. The van der Waals surface area contributed by atoms with Crippen LogP contribution in [0.25, 0.3) is 54.8 Å². The van der Waals surface area contributed by atoms with Crippen molar-refractivity contribution in [1.29, 1.82) is 0 Å². The summed E-state index contributed by atoms with van der Waals surface area (Å²) in [4.78, 5) is 16.7. The molecule has 0 atom stereocenters. The second-order valence-electron chi connectivity index (χ2n) is 8.99. The lowest BCUT2D eigenvalue weighted by Crippen LogP contribution is -2.06. The first-order valence-electron chi connectivity index (χ1n) is 11.8. The van der Waals surface area contributed by atoms with Crippen LogP contribution < -0.4 is 5.32 Å². The van der Waals surface area contributed by atoms with E-state index in [1.165, 1.54) is 19.1 Å². The predicted molar refractivity (Wildman–Crippen MR) is 157 cm³/mol. The van der Waals surface area contributed by atoms with Gasteiger partial charge < -0.3 is 5.32 Å². The highest BCUT2D eigenvalue weighted by Gasteiger charge is 2.20. The zero-order valence-corrected chi connectivity index (χ0v) is 23.1. The number of halogens is 4. The molecule has 0 unspecified atom stereocenters. The number of nitrogens with one attached hydrogen (secondary N) is 1. The van der Waals surface area contributed by atoms with Gasteiger partial charge in [0.2, 0.25) is 5.91 Å². The third-order valence-corrected chi connectivity index (χ3v) is 7.67. The number of aromatic nitrogens is 1. The summed E-state index contributed by atoms with van der Waals surface area (Å²) in [6.07, 6.45) is 0. The van der Waals surface area contributed by atoms with Gasteiger partial charge in [0.1, 0.15) is 11.6 Å². The summed E-state index contributed by atoms with van der Waals surface area (Å²) in [5, 5.41) is 7.26. The Hall–Kier alpha value is -3.68. The zero-order chi connectivity index (χ0) is 26.6. The zero-order valence-electron chi connectivity index (χ0n) is 20.0. The largest absolute Gasteiger partial charge is 0.326 e. The van der Waals surface area contributed by atoms with Gasteiger partial charge in [-0.1, -0.05) is 86.5 Å². The van der Waals surface area contributed by atoms with Gasteiger partial charge in [-0.3, -0.25) is 4.79 Å². The smallest absolute Gasteiger partial charge is 0.221 e. The molecule has 0 aliphatic heterocycles. The molecule has 0 saturated carbocycles. The fraction of sp³-hybridized carbons (Fsp3) is 0.0323. The van der Waals surface area contributed by atoms with Gasteiger partial charge in [0.05, 0.1) is 16.8 Å². The molecule has 1 aromatic heterocycles. The Morgan fingerprint density at radius 1 is 0.737 bits per heavy atom. The van der Waals surface area contributed by atoms with E-state index in [0.717, 1.165) is 42.5 Å². The summed E-state index contributed by atoms with van der Waals surface area (Å²) in [5.41, 5.74) is 2.94. The van der Waals surface area contributed by atoms with Gasteiger partial charge in [0.25, 0.3) is 0 Å². The van der Waals surface area contributed by atoms with Crippen LogP contribution in [0.4, 0.5) is 14.5 Å². The van der Waals surface area contributed by atoms with E-state index in [1.807, 2.05) is 66.7 Å². The van der Waals surface area contributed by atoms with Crippen LogP contribution in [0.3, 0.4) is 0 Å². The summed E-state index contributed by atoms with van der Waals surface area (Å²) in [6.45, 7) is 1.47. The van der Waals surface area contributed by atoms with E-state index in [0.29, 0.717) is 15.7 Å². The molecule has 0 radical (unpaired) electrons. The van der Waals surface area contributed by atoms with Crippen molar-refractivity contribution in [3.05, 3.63) is 106 Å². The number of carbonyl (C=O) groups excluding carboxylic acids is 1. The molecule has 1 heterocycles. The van der Waals surface area contributed by atoms with Crippen LogP contribution in [0.1, 0.15) is 6.92 Å². The lowest BCUT2D eigenvalue weighted by atomic mass is 9.92. The predicted octanol–water partition coefficient (Wildman–Crippen LogP) is 9.64. The van der Waals surface area contributed by atoms with Crippen molar-refractivity contribution in [2.24, 2.45) is 0 Å². The van der Waals surface area contributed by atoms with Gasteiger partial charge in [0, 0.05) is 37.7 Å². The average Bonchev–Trinajstić information content (AvgIpc) is 2.88. The van der Waals surface area contributed by atoms with Gasteiger partial charge in [-0.2, -0.15) is 0 Å². The van der Waals surface area contributed by atoms with Crippen LogP contribution in [0.5, 0.6) is 0 Å². The molecule has 0 bridgehead atoms. The maximum Gasteiger partial charge on any atom is 0.221 e. The molecule has 0 aliphatic rings. The molecule has 6 aromatic rings. The first-order valence-corrected chi connectivity index (χ1v) is 13.4. The van der Waals surface area contributed by atoms with Gasteiger partial charge >= 0.3 is 0 Å². The van der Waals surface area contributed by atoms with Crippen molar-refractivity contribution in [3.8, 4) is 22.4 Å². The third-order valence-electron chi connectivity index (χ3n) is 6.56. The van der Waals surface area contributed by atoms with Gasteiger partial charge in [-0.25, -0.2) is 13.8 Å². The highest BCUT2D eigenvalue weighted by molar-refractivity contribution is 9.11. The minimum Gasteiger partial charge on any atom is -0.326 e. The molecule has 5 aromatic carbocycles.